The lowest BCUT2D eigenvalue weighted by Crippen LogP contribution is -2.41. The summed E-state index contributed by atoms with van der Waals surface area (Å²) in [5, 5.41) is 0. The van der Waals surface area contributed by atoms with Crippen molar-refractivity contribution in [3.8, 4) is 0 Å². The van der Waals surface area contributed by atoms with Gasteiger partial charge in [0.25, 0.3) is 0 Å². The van der Waals surface area contributed by atoms with Gasteiger partial charge in [-0.15, -0.1) is 0 Å². The average molecular weight is 352 g/mol. The predicted octanol–water partition coefficient (Wildman–Crippen LogP) is 3.71. The maximum atomic E-state index is 10.7. The van der Waals surface area contributed by atoms with Gasteiger partial charge in [0.15, 0.2) is 6.29 Å². The van der Waals surface area contributed by atoms with Gasteiger partial charge in [0.2, 0.25) is 0 Å². The van der Waals surface area contributed by atoms with Crippen LogP contribution < -0.4 is 0 Å². The van der Waals surface area contributed by atoms with E-state index in [2.05, 4.69) is 18.0 Å². The molecule has 138 valence electrons. The number of unbranched alkanes of at least 4 members (excludes halogenated alkanes) is 5. The fourth-order valence-electron chi connectivity index (χ4n) is 2.91. The van der Waals surface area contributed by atoms with Gasteiger partial charge >= 0.3 is 10.4 Å². The van der Waals surface area contributed by atoms with Crippen molar-refractivity contribution in [3.63, 3.8) is 0 Å². The summed E-state index contributed by atoms with van der Waals surface area (Å²) in [6.07, 6.45) is 9.46. The molecule has 0 aromatic heterocycles. The highest BCUT2D eigenvalue weighted by Crippen LogP contribution is 2.26. The summed E-state index contributed by atoms with van der Waals surface area (Å²) < 4.78 is 45.9. The van der Waals surface area contributed by atoms with Crippen molar-refractivity contribution in [2.45, 2.75) is 84.0 Å². The summed E-state index contributed by atoms with van der Waals surface area (Å²) in [6.45, 7) is 4.63. The van der Waals surface area contributed by atoms with Gasteiger partial charge in [0, 0.05) is 5.92 Å². The summed E-state index contributed by atoms with van der Waals surface area (Å²) in [7, 11) is -4.46. The smallest absolute Gasteiger partial charge is 0.350 e. The maximum absolute atomic E-state index is 10.7. The zero-order chi connectivity index (χ0) is 17.1. The molecule has 0 saturated carbocycles. The topological polar surface area (TPSA) is 82.1 Å². The Labute approximate surface area is 140 Å². The average Bonchev–Trinajstić information content (AvgIpc) is 2.49. The first-order valence-corrected chi connectivity index (χ1v) is 10.2. The Morgan fingerprint density at radius 3 is 2.04 bits per heavy atom. The number of rotatable bonds is 12. The van der Waals surface area contributed by atoms with Crippen molar-refractivity contribution in [1.29, 1.82) is 0 Å². The van der Waals surface area contributed by atoms with E-state index in [1.807, 2.05) is 0 Å². The highest BCUT2D eigenvalue weighted by Gasteiger charge is 2.31. The molecule has 1 fully saturated rings. The van der Waals surface area contributed by atoms with E-state index >= 15 is 0 Å². The van der Waals surface area contributed by atoms with Crippen LogP contribution in [0.25, 0.3) is 0 Å². The first-order chi connectivity index (χ1) is 11.0. The molecule has 1 rings (SSSR count). The molecule has 0 amide bonds. The van der Waals surface area contributed by atoms with Gasteiger partial charge in [-0.2, -0.15) is 8.42 Å². The van der Waals surface area contributed by atoms with Gasteiger partial charge in [-0.05, 0) is 12.8 Å². The van der Waals surface area contributed by atoms with Crippen LogP contribution in [0.15, 0.2) is 0 Å². The molecule has 1 heterocycles. The van der Waals surface area contributed by atoms with E-state index in [1.165, 1.54) is 38.5 Å². The number of ether oxygens (including phenoxy) is 2. The van der Waals surface area contributed by atoms with E-state index in [0.717, 1.165) is 19.3 Å². The van der Waals surface area contributed by atoms with Crippen LogP contribution in [0.5, 0.6) is 0 Å². The molecule has 23 heavy (non-hydrogen) atoms. The Morgan fingerprint density at radius 2 is 1.52 bits per heavy atom. The van der Waals surface area contributed by atoms with Crippen LogP contribution in [0.1, 0.15) is 71.6 Å². The third-order valence-corrected chi connectivity index (χ3v) is 4.66. The van der Waals surface area contributed by atoms with Crippen LogP contribution in [0.2, 0.25) is 0 Å². The van der Waals surface area contributed by atoms with Crippen LogP contribution in [0.4, 0.5) is 0 Å². The van der Waals surface area contributed by atoms with Crippen LogP contribution in [0.3, 0.4) is 0 Å². The van der Waals surface area contributed by atoms with Crippen molar-refractivity contribution >= 4 is 10.4 Å². The normalized spacial score (nSPS) is 23.8. The van der Waals surface area contributed by atoms with Crippen LogP contribution in [-0.2, 0) is 24.1 Å². The Hall–Kier alpha value is -0.210. The van der Waals surface area contributed by atoms with E-state index in [0.29, 0.717) is 5.92 Å². The lowest BCUT2D eigenvalue weighted by atomic mass is 9.94. The van der Waals surface area contributed by atoms with E-state index in [-0.39, 0.29) is 19.5 Å². The van der Waals surface area contributed by atoms with Crippen molar-refractivity contribution in [2.75, 3.05) is 13.2 Å². The second-order valence-electron chi connectivity index (χ2n) is 6.29. The lowest BCUT2D eigenvalue weighted by Gasteiger charge is -2.33. The molecule has 1 aliphatic rings. The van der Waals surface area contributed by atoms with E-state index in [9.17, 15) is 8.42 Å². The monoisotopic (exact) mass is 352 g/mol. The lowest BCUT2D eigenvalue weighted by molar-refractivity contribution is -0.235. The molecule has 0 aromatic rings. The second kappa shape index (κ2) is 11.4. The minimum absolute atomic E-state index is 0.129. The minimum atomic E-state index is -4.46. The molecule has 1 saturated heterocycles. The molecule has 1 atom stereocenters. The van der Waals surface area contributed by atoms with Crippen molar-refractivity contribution in [3.05, 3.63) is 0 Å². The Balaban J connectivity index is 2.41. The third kappa shape index (κ3) is 9.62. The summed E-state index contributed by atoms with van der Waals surface area (Å²) in [5.74, 6) is 0.338. The standard InChI is InChI=1S/C16H32O6S/c1-3-5-7-9-11-14(10-8-6-4-2)16-20-12-15(13-21-16)22-23(17,18)19/h14-16H,3-13H2,1-2H3,(H,17,18,19). The minimum Gasteiger partial charge on any atom is -0.350 e. The SMILES string of the molecule is CCCCCCC(CCCCC)C1OCC(OS(=O)(=O)O)CO1. The zero-order valence-corrected chi connectivity index (χ0v) is 15.2. The third-order valence-electron chi connectivity index (χ3n) is 4.14. The Morgan fingerprint density at radius 1 is 1.00 bits per heavy atom. The largest absolute Gasteiger partial charge is 0.397 e. The number of hydrogen-bond acceptors (Lipinski definition) is 5. The predicted molar refractivity (Wildman–Crippen MR) is 88.5 cm³/mol. The highest BCUT2D eigenvalue weighted by atomic mass is 32.3. The van der Waals surface area contributed by atoms with E-state index in [1.54, 1.807) is 0 Å². The second-order valence-corrected chi connectivity index (χ2v) is 7.33. The summed E-state index contributed by atoms with van der Waals surface area (Å²) in [4.78, 5) is 0. The van der Waals surface area contributed by atoms with Gasteiger partial charge in [-0.3, -0.25) is 4.55 Å². The maximum Gasteiger partial charge on any atom is 0.397 e. The molecule has 0 aromatic carbocycles. The van der Waals surface area contributed by atoms with Gasteiger partial charge in [0.1, 0.15) is 6.10 Å². The molecular weight excluding hydrogens is 320 g/mol. The molecule has 1 aliphatic heterocycles. The first-order valence-electron chi connectivity index (χ1n) is 8.85. The van der Waals surface area contributed by atoms with Crippen molar-refractivity contribution in [1.82, 2.24) is 0 Å². The fraction of sp³-hybridized carbons (Fsp3) is 1.00. The molecule has 0 aliphatic carbocycles. The fourth-order valence-corrected chi connectivity index (χ4v) is 3.36. The van der Waals surface area contributed by atoms with E-state index in [4.69, 9.17) is 14.0 Å². The van der Waals surface area contributed by atoms with E-state index < -0.39 is 16.5 Å². The zero-order valence-electron chi connectivity index (χ0n) is 14.4. The number of hydrogen-bond donors (Lipinski definition) is 1. The quantitative estimate of drug-likeness (QED) is 0.426. The van der Waals surface area contributed by atoms with Crippen LogP contribution >= 0.6 is 0 Å². The molecule has 1 N–H and O–H groups in total. The van der Waals surface area contributed by atoms with Crippen molar-refractivity contribution in [2.24, 2.45) is 5.92 Å². The van der Waals surface area contributed by atoms with Gasteiger partial charge < -0.3 is 9.47 Å². The molecule has 1 unspecified atom stereocenters. The molecule has 7 heteroatoms. The summed E-state index contributed by atoms with van der Waals surface area (Å²) in [5.41, 5.74) is 0. The summed E-state index contributed by atoms with van der Waals surface area (Å²) >= 11 is 0. The summed E-state index contributed by atoms with van der Waals surface area (Å²) in [6, 6.07) is 0. The van der Waals surface area contributed by atoms with Gasteiger partial charge in [0.05, 0.1) is 13.2 Å². The Bertz CT molecular complexity index is 389. The van der Waals surface area contributed by atoms with Crippen molar-refractivity contribution < 1.29 is 26.6 Å². The Kier molecular flexibility index (Phi) is 10.3. The van der Waals surface area contributed by atoms with Gasteiger partial charge in [-0.25, -0.2) is 4.18 Å². The molecule has 0 radical (unpaired) electrons. The first kappa shape index (κ1) is 20.8. The van der Waals surface area contributed by atoms with Gasteiger partial charge in [-0.1, -0.05) is 58.8 Å². The molecule has 0 spiro atoms. The molecule has 6 nitrogen and oxygen atoms in total. The molecule has 0 bridgehead atoms. The molecular formula is C16H32O6S. The van der Waals surface area contributed by atoms with Crippen LogP contribution in [-0.4, -0.2) is 38.6 Å². The van der Waals surface area contributed by atoms with Crippen LogP contribution in [0, 0.1) is 5.92 Å². The highest BCUT2D eigenvalue weighted by molar-refractivity contribution is 7.80.